The third kappa shape index (κ3) is 4.11. The summed E-state index contributed by atoms with van der Waals surface area (Å²) in [6.45, 7) is 1.19. The van der Waals surface area contributed by atoms with E-state index in [1.54, 1.807) is 18.9 Å². The predicted octanol–water partition coefficient (Wildman–Crippen LogP) is 3.17. The van der Waals surface area contributed by atoms with E-state index < -0.39 is 0 Å². The number of hydrogen-bond acceptors (Lipinski definition) is 6. The number of rotatable bonds is 5. The molecule has 0 unspecified atom stereocenters. The quantitative estimate of drug-likeness (QED) is 0.471. The molecule has 0 aliphatic carbocycles. The molecule has 3 aromatic heterocycles. The Bertz CT molecular complexity index is 1350. The molecule has 1 amide bonds. The highest BCUT2D eigenvalue weighted by atomic mass is 16.5. The highest BCUT2D eigenvalue weighted by Crippen LogP contribution is 2.29. The highest BCUT2D eigenvalue weighted by molar-refractivity contribution is 5.82. The fourth-order valence-corrected chi connectivity index (χ4v) is 4.24. The van der Waals surface area contributed by atoms with Crippen molar-refractivity contribution in [2.45, 2.75) is 19.4 Å². The lowest BCUT2D eigenvalue weighted by Crippen LogP contribution is -2.37. The normalized spacial score (nSPS) is 13.1. The second-order valence-electron chi connectivity index (χ2n) is 8.20. The number of fused-ring (bicyclic) bond motifs is 2. The van der Waals surface area contributed by atoms with Gasteiger partial charge in [0, 0.05) is 61.2 Å². The Balaban J connectivity index is 1.37. The van der Waals surface area contributed by atoms with Gasteiger partial charge in [0.15, 0.2) is 17.1 Å². The van der Waals surface area contributed by atoms with Gasteiger partial charge in [-0.3, -0.25) is 9.48 Å². The number of nitrogens with zero attached hydrogens (tertiary/aromatic N) is 5. The summed E-state index contributed by atoms with van der Waals surface area (Å²) in [7, 11) is 5.08. The van der Waals surface area contributed by atoms with Gasteiger partial charge in [0.2, 0.25) is 5.91 Å². The van der Waals surface area contributed by atoms with Crippen LogP contribution < -0.4 is 9.47 Å². The first-order chi connectivity index (χ1) is 16.0. The molecular weight excluding hydrogens is 418 g/mol. The maximum atomic E-state index is 13.0. The van der Waals surface area contributed by atoms with Crippen LogP contribution in [0, 0.1) is 0 Å². The molecule has 4 heterocycles. The van der Waals surface area contributed by atoms with Gasteiger partial charge in [0.1, 0.15) is 0 Å². The summed E-state index contributed by atoms with van der Waals surface area (Å²) < 4.78 is 12.4. The molecule has 0 spiro atoms. The fourth-order valence-electron chi connectivity index (χ4n) is 4.24. The van der Waals surface area contributed by atoms with Crippen molar-refractivity contribution >= 4 is 16.9 Å². The van der Waals surface area contributed by atoms with Gasteiger partial charge in [-0.15, -0.1) is 0 Å². The second-order valence-corrected chi connectivity index (χ2v) is 8.20. The van der Waals surface area contributed by atoms with E-state index in [4.69, 9.17) is 14.5 Å². The number of pyridine rings is 2. The van der Waals surface area contributed by atoms with Crippen LogP contribution in [0.1, 0.15) is 16.8 Å². The molecule has 0 atom stereocenters. The summed E-state index contributed by atoms with van der Waals surface area (Å²) >= 11 is 0. The largest absolute Gasteiger partial charge is 0.493 e. The molecular formula is C25H25N5O3. The number of carbonyl (C=O) groups excluding carboxylic acids is 1. The van der Waals surface area contributed by atoms with Crippen LogP contribution in [0.15, 0.2) is 48.9 Å². The van der Waals surface area contributed by atoms with Crippen LogP contribution in [-0.4, -0.2) is 51.3 Å². The SMILES string of the molecule is COc1ccc(CC(=O)N2CCc3nc4ncc(-c5cnn(C)c5)cc4cc3C2)cc1OC. The molecule has 0 N–H and O–H groups in total. The van der Waals surface area contributed by atoms with Crippen LogP contribution in [-0.2, 0) is 31.2 Å². The number of carbonyl (C=O) groups is 1. The van der Waals surface area contributed by atoms with E-state index in [0.717, 1.165) is 45.4 Å². The molecule has 0 saturated heterocycles. The molecule has 1 aliphatic rings. The summed E-state index contributed by atoms with van der Waals surface area (Å²) in [6.07, 6.45) is 6.64. The monoisotopic (exact) mass is 443 g/mol. The van der Waals surface area contributed by atoms with Crippen molar-refractivity contribution in [3.05, 3.63) is 65.7 Å². The van der Waals surface area contributed by atoms with Gasteiger partial charge in [-0.05, 0) is 35.4 Å². The number of aryl methyl sites for hydroxylation is 1. The fraction of sp³-hybridized carbons (Fsp3) is 0.280. The average Bonchev–Trinajstić information content (AvgIpc) is 3.28. The van der Waals surface area contributed by atoms with E-state index in [1.807, 2.05) is 48.7 Å². The minimum atomic E-state index is 0.0789. The van der Waals surface area contributed by atoms with Gasteiger partial charge in [-0.1, -0.05) is 6.07 Å². The van der Waals surface area contributed by atoms with Crippen LogP contribution in [0.4, 0.5) is 0 Å². The molecule has 4 aromatic rings. The van der Waals surface area contributed by atoms with Crippen LogP contribution in [0.2, 0.25) is 0 Å². The zero-order valence-corrected chi connectivity index (χ0v) is 18.9. The van der Waals surface area contributed by atoms with Gasteiger partial charge in [0.05, 0.1) is 26.8 Å². The van der Waals surface area contributed by atoms with Crippen molar-refractivity contribution in [2.75, 3.05) is 20.8 Å². The number of ether oxygens (including phenoxy) is 2. The first-order valence-corrected chi connectivity index (χ1v) is 10.8. The van der Waals surface area contributed by atoms with Gasteiger partial charge in [-0.25, -0.2) is 9.97 Å². The first-order valence-electron chi connectivity index (χ1n) is 10.8. The minimum absolute atomic E-state index is 0.0789. The van der Waals surface area contributed by atoms with Crippen LogP contribution >= 0.6 is 0 Å². The Labute approximate surface area is 191 Å². The minimum Gasteiger partial charge on any atom is -0.493 e. The van der Waals surface area contributed by atoms with Gasteiger partial charge < -0.3 is 14.4 Å². The van der Waals surface area contributed by atoms with Gasteiger partial charge in [-0.2, -0.15) is 5.10 Å². The van der Waals surface area contributed by atoms with E-state index in [2.05, 4.69) is 22.2 Å². The summed E-state index contributed by atoms with van der Waals surface area (Å²) in [6, 6.07) is 9.78. The van der Waals surface area contributed by atoms with Gasteiger partial charge >= 0.3 is 0 Å². The maximum Gasteiger partial charge on any atom is 0.227 e. The smallest absolute Gasteiger partial charge is 0.227 e. The molecule has 8 nitrogen and oxygen atoms in total. The lowest BCUT2D eigenvalue weighted by molar-refractivity contribution is -0.131. The molecule has 8 heteroatoms. The van der Waals surface area contributed by atoms with E-state index >= 15 is 0 Å². The molecule has 1 aliphatic heterocycles. The molecule has 33 heavy (non-hydrogen) atoms. The summed E-state index contributed by atoms with van der Waals surface area (Å²) in [5, 5.41) is 5.20. The van der Waals surface area contributed by atoms with Crippen molar-refractivity contribution in [3.8, 4) is 22.6 Å². The number of hydrogen-bond donors (Lipinski definition) is 0. The second kappa shape index (κ2) is 8.54. The molecule has 5 rings (SSSR count). The van der Waals surface area contributed by atoms with Crippen molar-refractivity contribution < 1.29 is 14.3 Å². The number of amides is 1. The maximum absolute atomic E-state index is 13.0. The molecule has 168 valence electrons. The Morgan fingerprint density at radius 2 is 1.91 bits per heavy atom. The van der Waals surface area contributed by atoms with Crippen molar-refractivity contribution in [3.63, 3.8) is 0 Å². The molecule has 1 aromatic carbocycles. The van der Waals surface area contributed by atoms with E-state index in [-0.39, 0.29) is 5.91 Å². The number of methoxy groups -OCH3 is 2. The van der Waals surface area contributed by atoms with Crippen molar-refractivity contribution in [2.24, 2.45) is 7.05 Å². The summed E-state index contributed by atoms with van der Waals surface area (Å²) in [5.41, 5.74) is 5.71. The molecule has 0 fully saturated rings. The zero-order valence-electron chi connectivity index (χ0n) is 18.9. The predicted molar refractivity (Wildman–Crippen MR) is 124 cm³/mol. The molecule has 0 bridgehead atoms. The van der Waals surface area contributed by atoms with Crippen molar-refractivity contribution in [1.82, 2.24) is 24.6 Å². The van der Waals surface area contributed by atoms with Crippen LogP contribution in [0.3, 0.4) is 0 Å². The Morgan fingerprint density at radius 3 is 2.67 bits per heavy atom. The van der Waals surface area contributed by atoms with E-state index in [0.29, 0.717) is 31.0 Å². The molecule has 0 saturated carbocycles. The number of aromatic nitrogens is 4. The Morgan fingerprint density at radius 1 is 1.06 bits per heavy atom. The average molecular weight is 444 g/mol. The highest BCUT2D eigenvalue weighted by Gasteiger charge is 2.23. The van der Waals surface area contributed by atoms with Crippen LogP contribution in [0.5, 0.6) is 11.5 Å². The Hall–Kier alpha value is -3.94. The topological polar surface area (TPSA) is 82.4 Å². The van der Waals surface area contributed by atoms with E-state index in [9.17, 15) is 4.79 Å². The number of benzene rings is 1. The Kier molecular flexibility index (Phi) is 5.42. The van der Waals surface area contributed by atoms with Gasteiger partial charge in [0.25, 0.3) is 0 Å². The summed E-state index contributed by atoms with van der Waals surface area (Å²) in [5.74, 6) is 1.35. The summed E-state index contributed by atoms with van der Waals surface area (Å²) in [4.78, 5) is 24.3. The van der Waals surface area contributed by atoms with E-state index in [1.165, 1.54) is 0 Å². The third-order valence-electron chi connectivity index (χ3n) is 6.01. The first kappa shape index (κ1) is 20.9. The standard InChI is InChI=1S/C25H25N5O3/c1-29-14-20(13-27-29)18-10-17-11-19-15-30(7-6-21(19)28-25(17)26-12-18)24(31)9-16-4-5-22(32-2)23(8-16)33-3/h4-5,8,10-14H,6-7,9,15H2,1-3H3. The lowest BCUT2D eigenvalue weighted by atomic mass is 10.0. The van der Waals surface area contributed by atoms with Crippen molar-refractivity contribution in [1.29, 1.82) is 0 Å². The third-order valence-corrected chi connectivity index (χ3v) is 6.01. The molecule has 0 radical (unpaired) electrons. The lowest BCUT2D eigenvalue weighted by Gasteiger charge is -2.28. The van der Waals surface area contributed by atoms with Crippen LogP contribution in [0.25, 0.3) is 22.2 Å². The zero-order chi connectivity index (χ0) is 22.9.